The van der Waals surface area contributed by atoms with Crippen LogP contribution in [-0.4, -0.2) is 29.3 Å². The molecule has 112 valence electrons. The van der Waals surface area contributed by atoms with E-state index in [0.717, 1.165) is 12.8 Å². The van der Waals surface area contributed by atoms with Crippen LogP contribution in [0.3, 0.4) is 0 Å². The molecular weight excluding hydrogens is 288 g/mol. The lowest BCUT2D eigenvalue weighted by molar-refractivity contribution is -0.129. The lowest BCUT2D eigenvalue weighted by Gasteiger charge is -2.23. The number of rotatable bonds is 3. The number of hydrogen-bond acceptors (Lipinski definition) is 2. The number of nitrogens with zero attached hydrogens (tertiary/aromatic N) is 1. The molecule has 5 heteroatoms. The van der Waals surface area contributed by atoms with Gasteiger partial charge in [0.25, 0.3) is 0 Å². The van der Waals surface area contributed by atoms with E-state index in [1.807, 2.05) is 17.0 Å². The van der Waals surface area contributed by atoms with Crippen LogP contribution in [0, 0.1) is 5.92 Å². The molecule has 21 heavy (non-hydrogen) atoms. The number of anilines is 1. The smallest absolute Gasteiger partial charge is 0.229 e. The molecule has 0 spiro atoms. The molecule has 1 aliphatic carbocycles. The number of hydrogen-bond donors (Lipinski definition) is 1. The average Bonchev–Trinajstić information content (AvgIpc) is 3.10. The first-order valence-corrected chi connectivity index (χ1v) is 7.88. The Balaban J connectivity index is 1.64. The van der Waals surface area contributed by atoms with Gasteiger partial charge in [0.1, 0.15) is 0 Å². The van der Waals surface area contributed by atoms with Gasteiger partial charge in [-0.2, -0.15) is 0 Å². The second-order valence-corrected chi connectivity index (χ2v) is 6.26. The van der Waals surface area contributed by atoms with E-state index in [1.165, 1.54) is 12.8 Å². The van der Waals surface area contributed by atoms with Gasteiger partial charge in [0.05, 0.1) is 16.6 Å². The van der Waals surface area contributed by atoms with Crippen molar-refractivity contribution in [1.29, 1.82) is 0 Å². The molecule has 1 atom stereocenters. The number of nitrogens with one attached hydrogen (secondary N) is 1. The number of carbonyl (C=O) groups excluding carboxylic acids is 2. The average molecular weight is 307 g/mol. The number of amides is 2. The van der Waals surface area contributed by atoms with E-state index in [2.05, 4.69) is 5.32 Å². The molecule has 1 aliphatic heterocycles. The summed E-state index contributed by atoms with van der Waals surface area (Å²) in [5, 5.41) is 3.35. The fourth-order valence-corrected chi connectivity index (χ4v) is 3.46. The third-order valence-corrected chi connectivity index (χ3v) is 4.76. The number of carbonyl (C=O) groups is 2. The number of halogens is 1. The van der Waals surface area contributed by atoms with E-state index in [-0.39, 0.29) is 17.7 Å². The van der Waals surface area contributed by atoms with Gasteiger partial charge in [-0.15, -0.1) is 0 Å². The van der Waals surface area contributed by atoms with E-state index in [0.29, 0.717) is 29.7 Å². The molecule has 1 aromatic carbocycles. The molecule has 1 saturated heterocycles. The van der Waals surface area contributed by atoms with Crippen LogP contribution in [0.2, 0.25) is 5.02 Å². The van der Waals surface area contributed by atoms with Crippen molar-refractivity contribution in [3.05, 3.63) is 29.3 Å². The molecule has 1 heterocycles. The lowest BCUT2D eigenvalue weighted by Crippen LogP contribution is -2.35. The zero-order chi connectivity index (χ0) is 14.8. The highest BCUT2D eigenvalue weighted by atomic mass is 35.5. The van der Waals surface area contributed by atoms with Crippen LogP contribution in [0.5, 0.6) is 0 Å². The molecule has 2 aliphatic rings. The van der Waals surface area contributed by atoms with Crippen LogP contribution in [0.1, 0.15) is 32.1 Å². The minimum absolute atomic E-state index is 0.112. The summed E-state index contributed by atoms with van der Waals surface area (Å²) in [7, 11) is 0. The first kappa shape index (κ1) is 14.4. The highest BCUT2D eigenvalue weighted by molar-refractivity contribution is 6.33. The Morgan fingerprint density at radius 2 is 1.95 bits per heavy atom. The molecule has 0 radical (unpaired) electrons. The van der Waals surface area contributed by atoms with Gasteiger partial charge in [-0.1, -0.05) is 36.6 Å². The zero-order valence-electron chi connectivity index (χ0n) is 11.8. The predicted molar refractivity (Wildman–Crippen MR) is 82.2 cm³/mol. The maximum Gasteiger partial charge on any atom is 0.229 e. The SMILES string of the molecule is O=C(Nc1ccccc1Cl)C1CC(=O)N(C2CCCC2)C1. The first-order chi connectivity index (χ1) is 10.1. The topological polar surface area (TPSA) is 49.4 Å². The summed E-state index contributed by atoms with van der Waals surface area (Å²) < 4.78 is 0. The molecule has 0 aromatic heterocycles. The van der Waals surface area contributed by atoms with Crippen LogP contribution in [0.15, 0.2) is 24.3 Å². The fraction of sp³-hybridized carbons (Fsp3) is 0.500. The Labute approximate surface area is 129 Å². The van der Waals surface area contributed by atoms with Crippen LogP contribution in [0.25, 0.3) is 0 Å². The second kappa shape index (κ2) is 6.06. The normalized spacial score (nSPS) is 22.8. The summed E-state index contributed by atoms with van der Waals surface area (Å²) in [6.07, 6.45) is 4.83. The predicted octanol–water partition coefficient (Wildman–Crippen LogP) is 3.07. The van der Waals surface area contributed by atoms with Crippen molar-refractivity contribution in [2.75, 3.05) is 11.9 Å². The quantitative estimate of drug-likeness (QED) is 0.933. The van der Waals surface area contributed by atoms with Crippen LogP contribution >= 0.6 is 11.6 Å². The Kier molecular flexibility index (Phi) is 4.15. The molecule has 4 nitrogen and oxygen atoms in total. The number of para-hydroxylation sites is 1. The maximum atomic E-state index is 12.3. The molecular formula is C16H19ClN2O2. The largest absolute Gasteiger partial charge is 0.339 e. The number of likely N-dealkylation sites (tertiary alicyclic amines) is 1. The van der Waals surface area contributed by atoms with Crippen LogP contribution in [-0.2, 0) is 9.59 Å². The van der Waals surface area contributed by atoms with Crippen molar-refractivity contribution < 1.29 is 9.59 Å². The summed E-state index contributed by atoms with van der Waals surface area (Å²) in [6, 6.07) is 7.49. The Hall–Kier alpha value is -1.55. The Bertz CT molecular complexity index is 555. The molecule has 0 bridgehead atoms. The monoisotopic (exact) mass is 306 g/mol. The minimum atomic E-state index is -0.269. The zero-order valence-corrected chi connectivity index (χ0v) is 12.6. The third-order valence-electron chi connectivity index (χ3n) is 4.43. The molecule has 1 aromatic rings. The van der Waals surface area contributed by atoms with Crippen molar-refractivity contribution >= 4 is 29.1 Å². The molecule has 2 amide bonds. The summed E-state index contributed by atoms with van der Waals surface area (Å²) >= 11 is 6.04. The molecule has 1 saturated carbocycles. The summed E-state index contributed by atoms with van der Waals surface area (Å²) in [4.78, 5) is 26.3. The van der Waals surface area contributed by atoms with Gasteiger partial charge in [-0.05, 0) is 25.0 Å². The summed E-state index contributed by atoms with van der Waals surface area (Å²) in [6.45, 7) is 0.541. The van der Waals surface area contributed by atoms with E-state index >= 15 is 0 Å². The maximum absolute atomic E-state index is 12.3. The third kappa shape index (κ3) is 3.05. The van der Waals surface area contributed by atoms with E-state index in [1.54, 1.807) is 12.1 Å². The van der Waals surface area contributed by atoms with Crippen LogP contribution in [0.4, 0.5) is 5.69 Å². The van der Waals surface area contributed by atoms with Gasteiger partial charge in [-0.3, -0.25) is 9.59 Å². The molecule has 2 fully saturated rings. The van der Waals surface area contributed by atoms with Crippen molar-refractivity contribution in [2.24, 2.45) is 5.92 Å². The molecule has 1 N–H and O–H groups in total. The van der Waals surface area contributed by atoms with E-state index in [4.69, 9.17) is 11.6 Å². The fourth-order valence-electron chi connectivity index (χ4n) is 3.27. The van der Waals surface area contributed by atoms with Gasteiger partial charge in [0.15, 0.2) is 0 Å². The van der Waals surface area contributed by atoms with Crippen molar-refractivity contribution in [1.82, 2.24) is 4.90 Å². The first-order valence-electron chi connectivity index (χ1n) is 7.50. The van der Waals surface area contributed by atoms with Crippen LogP contribution < -0.4 is 5.32 Å². The summed E-state index contributed by atoms with van der Waals surface area (Å²) in [5.41, 5.74) is 0.607. The van der Waals surface area contributed by atoms with Gasteiger partial charge >= 0.3 is 0 Å². The van der Waals surface area contributed by atoms with Gasteiger partial charge in [-0.25, -0.2) is 0 Å². The van der Waals surface area contributed by atoms with Crippen molar-refractivity contribution in [2.45, 2.75) is 38.1 Å². The van der Waals surface area contributed by atoms with E-state index in [9.17, 15) is 9.59 Å². The minimum Gasteiger partial charge on any atom is -0.339 e. The van der Waals surface area contributed by atoms with Crippen molar-refractivity contribution in [3.63, 3.8) is 0 Å². The number of benzene rings is 1. The van der Waals surface area contributed by atoms with E-state index < -0.39 is 0 Å². The van der Waals surface area contributed by atoms with Crippen molar-refractivity contribution in [3.8, 4) is 0 Å². The van der Waals surface area contributed by atoms with Gasteiger partial charge < -0.3 is 10.2 Å². The highest BCUT2D eigenvalue weighted by Crippen LogP contribution is 2.30. The Morgan fingerprint density at radius 3 is 2.67 bits per heavy atom. The summed E-state index contributed by atoms with van der Waals surface area (Å²) in [5.74, 6) is -0.271. The second-order valence-electron chi connectivity index (χ2n) is 5.85. The standard InChI is InChI=1S/C16H19ClN2O2/c17-13-7-3-4-8-14(13)18-16(21)11-9-15(20)19(10-11)12-5-1-2-6-12/h3-4,7-8,11-12H,1-2,5-6,9-10H2,(H,18,21). The van der Waals surface area contributed by atoms with Gasteiger partial charge in [0.2, 0.25) is 11.8 Å². The molecule has 3 rings (SSSR count). The lowest BCUT2D eigenvalue weighted by atomic mass is 10.1. The van der Waals surface area contributed by atoms with Gasteiger partial charge in [0, 0.05) is 19.0 Å². The highest BCUT2D eigenvalue weighted by Gasteiger charge is 2.38. The Morgan fingerprint density at radius 1 is 1.24 bits per heavy atom. The molecule has 1 unspecified atom stereocenters.